The maximum Gasteiger partial charge on any atom is 0.255 e. The average molecular weight is 415 g/mol. The van der Waals surface area contributed by atoms with Gasteiger partial charge in [0, 0.05) is 35.8 Å². The van der Waals surface area contributed by atoms with Gasteiger partial charge in [0.25, 0.3) is 5.91 Å². The van der Waals surface area contributed by atoms with Gasteiger partial charge in [0.1, 0.15) is 6.10 Å². The van der Waals surface area contributed by atoms with Crippen LogP contribution in [0, 0.1) is 0 Å². The minimum Gasteiger partial charge on any atom is -0.493 e. The first-order valence-electron chi connectivity index (χ1n) is 10.6. The summed E-state index contributed by atoms with van der Waals surface area (Å²) in [6.45, 7) is 0.470. The Balaban J connectivity index is 1.50. The molecule has 2 amide bonds. The van der Waals surface area contributed by atoms with E-state index in [1.54, 1.807) is 7.11 Å². The second-order valence-corrected chi connectivity index (χ2v) is 8.12. The number of carbonyl (C=O) groups excluding carboxylic acids is 2. The minimum atomic E-state index is -0.539. The topological polar surface area (TPSA) is 116 Å². The molecule has 0 spiro atoms. The molecule has 1 aliphatic heterocycles. The van der Waals surface area contributed by atoms with Crippen LogP contribution in [-0.2, 0) is 14.3 Å². The van der Waals surface area contributed by atoms with Crippen molar-refractivity contribution >= 4 is 22.7 Å². The van der Waals surface area contributed by atoms with E-state index in [0.717, 1.165) is 49.4 Å². The number of rotatable bonds is 7. The number of carbonyl (C=O) groups is 2. The number of ether oxygens (including phenoxy) is 3. The van der Waals surface area contributed by atoms with Crippen molar-refractivity contribution in [3.05, 3.63) is 23.9 Å². The number of aromatic nitrogens is 1. The van der Waals surface area contributed by atoms with Crippen LogP contribution in [0.15, 0.2) is 18.3 Å². The fourth-order valence-electron chi connectivity index (χ4n) is 4.59. The monoisotopic (exact) mass is 415 g/mol. The number of hydrogen-bond acceptors (Lipinski definition) is 5. The number of methoxy groups -OCH3 is 1. The first kappa shape index (κ1) is 20.5. The van der Waals surface area contributed by atoms with E-state index in [1.807, 2.05) is 18.3 Å². The number of nitrogens with one attached hydrogen (secondary N) is 2. The van der Waals surface area contributed by atoms with Crippen LogP contribution in [0.2, 0.25) is 0 Å². The lowest BCUT2D eigenvalue weighted by molar-refractivity contribution is -0.131. The molecule has 1 aliphatic carbocycles. The van der Waals surface area contributed by atoms with Crippen LogP contribution in [0.5, 0.6) is 11.5 Å². The molecule has 4 N–H and O–H groups in total. The quantitative estimate of drug-likeness (QED) is 0.642. The molecule has 1 aromatic carbocycles. The second-order valence-electron chi connectivity index (χ2n) is 8.12. The molecule has 1 aromatic heterocycles. The molecular formula is C22H29N3O5. The Morgan fingerprint density at radius 1 is 1.23 bits per heavy atom. The molecule has 162 valence electrons. The van der Waals surface area contributed by atoms with Crippen molar-refractivity contribution in [3.63, 3.8) is 0 Å². The Bertz CT molecular complexity index is 919. The smallest absolute Gasteiger partial charge is 0.255 e. The lowest BCUT2D eigenvalue weighted by Crippen LogP contribution is -2.43. The van der Waals surface area contributed by atoms with Crippen LogP contribution in [0.4, 0.5) is 0 Å². The highest BCUT2D eigenvalue weighted by Crippen LogP contribution is 2.40. The molecule has 8 heteroatoms. The van der Waals surface area contributed by atoms with Crippen molar-refractivity contribution in [3.8, 4) is 11.5 Å². The molecule has 2 heterocycles. The van der Waals surface area contributed by atoms with Crippen LogP contribution >= 0.6 is 0 Å². The van der Waals surface area contributed by atoms with Gasteiger partial charge in [0.15, 0.2) is 18.1 Å². The Kier molecular flexibility index (Phi) is 6.13. The van der Waals surface area contributed by atoms with E-state index in [0.29, 0.717) is 24.0 Å². The van der Waals surface area contributed by atoms with Crippen molar-refractivity contribution < 1.29 is 23.8 Å². The molecule has 3 atom stereocenters. The van der Waals surface area contributed by atoms with E-state index in [-0.39, 0.29) is 24.7 Å². The Labute approximate surface area is 175 Å². The van der Waals surface area contributed by atoms with E-state index < -0.39 is 5.91 Å². The fourth-order valence-corrected chi connectivity index (χ4v) is 4.59. The highest BCUT2D eigenvalue weighted by molar-refractivity contribution is 5.87. The summed E-state index contributed by atoms with van der Waals surface area (Å²) >= 11 is 0. The van der Waals surface area contributed by atoms with Gasteiger partial charge in [-0.3, -0.25) is 9.59 Å². The first-order valence-corrected chi connectivity index (χ1v) is 10.6. The number of amides is 2. The molecule has 30 heavy (non-hydrogen) atoms. The van der Waals surface area contributed by atoms with Crippen molar-refractivity contribution in [1.82, 2.24) is 10.3 Å². The average Bonchev–Trinajstić information content (AvgIpc) is 3.41. The van der Waals surface area contributed by atoms with Crippen molar-refractivity contribution in [2.45, 2.75) is 56.6 Å². The van der Waals surface area contributed by atoms with Crippen LogP contribution in [0.25, 0.3) is 10.9 Å². The Morgan fingerprint density at radius 2 is 2.10 bits per heavy atom. The number of nitrogens with two attached hydrogens (primary N) is 1. The highest BCUT2D eigenvalue weighted by atomic mass is 16.5. The zero-order chi connectivity index (χ0) is 21.1. The summed E-state index contributed by atoms with van der Waals surface area (Å²) in [4.78, 5) is 26.8. The number of aromatic amines is 1. The predicted octanol–water partition coefficient (Wildman–Crippen LogP) is 2.36. The van der Waals surface area contributed by atoms with Gasteiger partial charge >= 0.3 is 0 Å². The third-order valence-corrected chi connectivity index (χ3v) is 6.05. The predicted molar refractivity (Wildman–Crippen MR) is 112 cm³/mol. The fraction of sp³-hybridized carbons (Fsp3) is 0.545. The van der Waals surface area contributed by atoms with Gasteiger partial charge < -0.3 is 30.2 Å². The summed E-state index contributed by atoms with van der Waals surface area (Å²) in [6, 6.07) is 3.93. The molecule has 0 bridgehead atoms. The summed E-state index contributed by atoms with van der Waals surface area (Å²) in [7, 11) is 1.57. The lowest BCUT2D eigenvalue weighted by atomic mass is 9.81. The van der Waals surface area contributed by atoms with E-state index in [9.17, 15) is 9.59 Å². The molecule has 4 rings (SSSR count). The first-order chi connectivity index (χ1) is 14.5. The molecule has 1 saturated carbocycles. The van der Waals surface area contributed by atoms with E-state index in [4.69, 9.17) is 19.9 Å². The van der Waals surface area contributed by atoms with E-state index in [1.165, 1.54) is 5.56 Å². The number of H-pyrrole nitrogens is 1. The standard InChI is InChI=1S/C22H29N3O5/c1-28-19-9-15-16(11-24-17(15)10-20(19)30-12-21(23)26)13-4-2-5-14(8-13)25-22(27)18-6-3-7-29-18/h9-11,13-14,18,24H,2-8,12H2,1H3,(H2,23,26)(H,25,27)/t13-,14?,18+/m1/s1. The highest BCUT2D eigenvalue weighted by Gasteiger charge is 2.30. The summed E-state index contributed by atoms with van der Waals surface area (Å²) in [6.07, 6.45) is 7.52. The van der Waals surface area contributed by atoms with Gasteiger partial charge in [0.2, 0.25) is 5.91 Å². The molecule has 0 radical (unpaired) electrons. The minimum absolute atomic E-state index is 0.0231. The maximum absolute atomic E-state index is 12.4. The molecule has 1 saturated heterocycles. The Hall–Kier alpha value is -2.74. The molecule has 2 aliphatic rings. The molecule has 2 fully saturated rings. The van der Waals surface area contributed by atoms with Crippen LogP contribution < -0.4 is 20.5 Å². The SMILES string of the molecule is COc1cc2c([C@@H]3CCCC(NC(=O)[C@@H]4CCCO4)C3)c[nH]c2cc1OCC(N)=O. The molecular weight excluding hydrogens is 386 g/mol. The zero-order valence-corrected chi connectivity index (χ0v) is 17.2. The molecule has 8 nitrogen and oxygen atoms in total. The lowest BCUT2D eigenvalue weighted by Gasteiger charge is -2.30. The maximum atomic E-state index is 12.4. The number of fused-ring (bicyclic) bond motifs is 1. The summed E-state index contributed by atoms with van der Waals surface area (Å²) in [5.41, 5.74) is 7.30. The van der Waals surface area contributed by atoms with Gasteiger partial charge in [-0.1, -0.05) is 6.42 Å². The zero-order valence-electron chi connectivity index (χ0n) is 17.2. The second kappa shape index (κ2) is 8.95. The van der Waals surface area contributed by atoms with E-state index in [2.05, 4.69) is 10.3 Å². The third-order valence-electron chi connectivity index (χ3n) is 6.05. The van der Waals surface area contributed by atoms with Gasteiger partial charge in [-0.25, -0.2) is 0 Å². The molecule has 1 unspecified atom stereocenters. The van der Waals surface area contributed by atoms with Crippen molar-refractivity contribution in [2.75, 3.05) is 20.3 Å². The summed E-state index contributed by atoms with van der Waals surface area (Å²) in [5, 5.41) is 4.26. The van der Waals surface area contributed by atoms with Crippen LogP contribution in [0.3, 0.4) is 0 Å². The summed E-state index contributed by atoms with van der Waals surface area (Å²) in [5.74, 6) is 0.855. The number of hydrogen-bond donors (Lipinski definition) is 3. The largest absolute Gasteiger partial charge is 0.493 e. The van der Waals surface area contributed by atoms with Crippen molar-refractivity contribution in [1.29, 1.82) is 0 Å². The number of primary amides is 1. The van der Waals surface area contributed by atoms with Crippen molar-refractivity contribution in [2.24, 2.45) is 5.73 Å². The van der Waals surface area contributed by atoms with Crippen LogP contribution in [-0.4, -0.2) is 49.3 Å². The third kappa shape index (κ3) is 4.38. The Morgan fingerprint density at radius 3 is 2.83 bits per heavy atom. The van der Waals surface area contributed by atoms with Gasteiger partial charge in [-0.15, -0.1) is 0 Å². The number of benzene rings is 1. The normalized spacial score (nSPS) is 24.0. The van der Waals surface area contributed by atoms with E-state index >= 15 is 0 Å². The van der Waals surface area contributed by atoms with Gasteiger partial charge in [-0.2, -0.15) is 0 Å². The molecule has 2 aromatic rings. The van der Waals surface area contributed by atoms with Gasteiger partial charge in [0.05, 0.1) is 7.11 Å². The summed E-state index contributed by atoms with van der Waals surface area (Å²) < 4.78 is 16.5. The van der Waals surface area contributed by atoms with Crippen LogP contribution in [0.1, 0.15) is 50.0 Å². The van der Waals surface area contributed by atoms with Gasteiger partial charge in [-0.05, 0) is 49.7 Å².